The standard InChI is InChI=1S/C29H40FN5O4S/c1-20(27(36)32-23-11-9-22(30)10-12-23)17-25(31)26(18-21-7-5-4-6-8-21)33-28(37)29(2,3)34-15-16-35(24-13-14-24)40(38,39)19-34/h4-12,20,24-26H,13-19,31H2,1-3H3,(H,32,36)(H,33,37)/t20-,25+,26+/m1/s1. The van der Waals surface area contributed by atoms with Crippen molar-refractivity contribution in [3.63, 3.8) is 0 Å². The van der Waals surface area contributed by atoms with Gasteiger partial charge < -0.3 is 16.4 Å². The van der Waals surface area contributed by atoms with Crippen LogP contribution in [0.3, 0.4) is 0 Å². The van der Waals surface area contributed by atoms with Crippen LogP contribution in [-0.2, 0) is 26.0 Å². The number of nitrogens with one attached hydrogen (secondary N) is 2. The van der Waals surface area contributed by atoms with Crippen LogP contribution in [0, 0.1) is 11.7 Å². The SMILES string of the molecule is C[C@H](C[C@H](N)[C@H](Cc1ccccc1)NC(=O)C(C)(C)N1CCN(C2CC2)S(=O)(=O)C1)C(=O)Nc1ccc(F)cc1. The molecule has 1 heterocycles. The van der Waals surface area contributed by atoms with Gasteiger partial charge in [-0.05, 0) is 69.4 Å². The summed E-state index contributed by atoms with van der Waals surface area (Å²) in [4.78, 5) is 28.2. The fraction of sp³-hybridized carbons (Fsp3) is 0.517. The molecule has 11 heteroatoms. The zero-order valence-electron chi connectivity index (χ0n) is 23.3. The molecule has 0 radical (unpaired) electrons. The summed E-state index contributed by atoms with van der Waals surface area (Å²) in [5.41, 5.74) is 7.00. The Hall–Kier alpha value is -2.86. The van der Waals surface area contributed by atoms with Gasteiger partial charge in [0.05, 0.1) is 5.54 Å². The molecule has 2 aromatic carbocycles. The smallest absolute Gasteiger partial charge is 0.240 e. The van der Waals surface area contributed by atoms with Crippen molar-refractivity contribution in [3.05, 3.63) is 66.0 Å². The Morgan fingerprint density at radius 2 is 1.73 bits per heavy atom. The molecule has 40 heavy (non-hydrogen) atoms. The van der Waals surface area contributed by atoms with E-state index >= 15 is 0 Å². The summed E-state index contributed by atoms with van der Waals surface area (Å²) >= 11 is 0. The van der Waals surface area contributed by atoms with E-state index in [-0.39, 0.29) is 23.7 Å². The molecule has 4 N–H and O–H groups in total. The zero-order valence-corrected chi connectivity index (χ0v) is 24.2. The number of nitrogens with zero attached hydrogens (tertiary/aromatic N) is 2. The van der Waals surface area contributed by atoms with Crippen LogP contribution in [0.2, 0.25) is 0 Å². The van der Waals surface area contributed by atoms with Gasteiger partial charge >= 0.3 is 0 Å². The number of nitrogens with two attached hydrogens (primary N) is 1. The summed E-state index contributed by atoms with van der Waals surface area (Å²) < 4.78 is 40.6. The van der Waals surface area contributed by atoms with Crippen molar-refractivity contribution in [3.8, 4) is 0 Å². The van der Waals surface area contributed by atoms with Crippen molar-refractivity contribution in [2.45, 2.75) is 70.1 Å². The molecule has 4 rings (SSSR count). The van der Waals surface area contributed by atoms with E-state index in [9.17, 15) is 22.4 Å². The van der Waals surface area contributed by atoms with Gasteiger partial charge in [0.1, 0.15) is 11.7 Å². The van der Waals surface area contributed by atoms with Crippen LogP contribution in [0.4, 0.5) is 10.1 Å². The first-order chi connectivity index (χ1) is 18.9. The molecular weight excluding hydrogens is 533 g/mol. The molecule has 2 aromatic rings. The summed E-state index contributed by atoms with van der Waals surface area (Å²) in [6, 6.07) is 14.2. The average Bonchev–Trinajstić information content (AvgIpc) is 3.74. The highest BCUT2D eigenvalue weighted by Gasteiger charge is 2.46. The maximum absolute atomic E-state index is 13.7. The number of hydrogen-bond acceptors (Lipinski definition) is 6. The summed E-state index contributed by atoms with van der Waals surface area (Å²) in [7, 11) is -3.48. The Morgan fingerprint density at radius 1 is 1.07 bits per heavy atom. The number of carbonyl (C=O) groups excluding carboxylic acids is 2. The average molecular weight is 574 g/mol. The van der Waals surface area contributed by atoms with Gasteiger partial charge in [0.25, 0.3) is 0 Å². The van der Waals surface area contributed by atoms with Crippen molar-refractivity contribution in [1.29, 1.82) is 0 Å². The quantitative estimate of drug-likeness (QED) is 0.380. The highest BCUT2D eigenvalue weighted by atomic mass is 32.2. The second kappa shape index (κ2) is 12.3. The third-order valence-electron chi connectivity index (χ3n) is 7.88. The molecular formula is C29H40FN5O4S. The fourth-order valence-electron chi connectivity index (χ4n) is 5.05. The van der Waals surface area contributed by atoms with E-state index in [1.165, 1.54) is 24.3 Å². The lowest BCUT2D eigenvalue weighted by Crippen LogP contribution is -2.64. The Bertz CT molecular complexity index is 1290. The molecule has 218 valence electrons. The van der Waals surface area contributed by atoms with Crippen LogP contribution in [0.25, 0.3) is 0 Å². The molecule has 0 unspecified atom stereocenters. The predicted molar refractivity (Wildman–Crippen MR) is 153 cm³/mol. The van der Waals surface area contributed by atoms with Gasteiger partial charge in [-0.15, -0.1) is 0 Å². The maximum atomic E-state index is 13.7. The van der Waals surface area contributed by atoms with Crippen molar-refractivity contribution < 1.29 is 22.4 Å². The van der Waals surface area contributed by atoms with Gasteiger partial charge in [-0.2, -0.15) is 4.31 Å². The highest BCUT2D eigenvalue weighted by molar-refractivity contribution is 7.89. The lowest BCUT2D eigenvalue weighted by Gasteiger charge is -2.43. The molecule has 0 bridgehead atoms. The van der Waals surface area contributed by atoms with Gasteiger partial charge in [-0.3, -0.25) is 14.5 Å². The number of hydrogen-bond donors (Lipinski definition) is 3. The number of carbonyl (C=O) groups is 2. The second-order valence-corrected chi connectivity index (χ2v) is 13.4. The first-order valence-electron chi connectivity index (χ1n) is 13.8. The molecule has 0 spiro atoms. The van der Waals surface area contributed by atoms with E-state index in [2.05, 4.69) is 10.6 Å². The normalized spacial score (nSPS) is 20.3. The maximum Gasteiger partial charge on any atom is 0.240 e. The fourth-order valence-corrected chi connectivity index (χ4v) is 7.07. The van der Waals surface area contributed by atoms with Gasteiger partial charge in [0.2, 0.25) is 21.8 Å². The minimum atomic E-state index is -3.48. The number of anilines is 1. The van der Waals surface area contributed by atoms with E-state index < -0.39 is 39.4 Å². The molecule has 0 aromatic heterocycles. The van der Waals surface area contributed by atoms with Gasteiger partial charge in [-0.25, -0.2) is 12.8 Å². The molecule has 9 nitrogen and oxygen atoms in total. The minimum absolute atomic E-state index is 0.0968. The van der Waals surface area contributed by atoms with Crippen molar-refractivity contribution in [2.24, 2.45) is 11.7 Å². The summed E-state index contributed by atoms with van der Waals surface area (Å²) in [5.74, 6) is -1.66. The lowest BCUT2D eigenvalue weighted by molar-refractivity contribution is -0.132. The predicted octanol–water partition coefficient (Wildman–Crippen LogP) is 2.69. The van der Waals surface area contributed by atoms with Crippen molar-refractivity contribution in [1.82, 2.24) is 14.5 Å². The largest absolute Gasteiger partial charge is 0.350 e. The summed E-state index contributed by atoms with van der Waals surface area (Å²) in [6.07, 6.45) is 2.52. The number of amides is 2. The van der Waals surface area contributed by atoms with Crippen LogP contribution in [0.15, 0.2) is 54.6 Å². The molecule has 1 aliphatic carbocycles. The van der Waals surface area contributed by atoms with Crippen LogP contribution >= 0.6 is 0 Å². The first kappa shape index (κ1) is 30.1. The van der Waals surface area contributed by atoms with Gasteiger partial charge in [0, 0.05) is 42.8 Å². The van der Waals surface area contributed by atoms with Gasteiger partial charge in [-0.1, -0.05) is 37.3 Å². The molecule has 2 fully saturated rings. The molecule has 1 aliphatic heterocycles. The molecule has 1 saturated carbocycles. The first-order valence-corrected chi connectivity index (χ1v) is 15.4. The van der Waals surface area contributed by atoms with Crippen molar-refractivity contribution >= 4 is 27.5 Å². The topological polar surface area (TPSA) is 125 Å². The molecule has 2 aliphatic rings. The molecule has 1 saturated heterocycles. The highest BCUT2D eigenvalue weighted by Crippen LogP contribution is 2.32. The summed E-state index contributed by atoms with van der Waals surface area (Å²) in [5, 5.41) is 5.87. The van der Waals surface area contributed by atoms with E-state index in [4.69, 9.17) is 5.73 Å². The van der Waals surface area contributed by atoms with E-state index in [0.717, 1.165) is 18.4 Å². The molecule has 3 atom stereocenters. The van der Waals surface area contributed by atoms with E-state index in [1.54, 1.807) is 30.0 Å². The van der Waals surface area contributed by atoms with Crippen LogP contribution in [-0.4, -0.2) is 72.1 Å². The van der Waals surface area contributed by atoms with Crippen molar-refractivity contribution in [2.75, 3.05) is 24.3 Å². The van der Waals surface area contributed by atoms with Gasteiger partial charge in [0.15, 0.2) is 0 Å². The Kier molecular flexibility index (Phi) is 9.29. The molecule has 2 amide bonds. The third-order valence-corrected chi connectivity index (χ3v) is 9.72. The Balaban J connectivity index is 1.44. The van der Waals surface area contributed by atoms with E-state index in [0.29, 0.717) is 31.6 Å². The second-order valence-electron chi connectivity index (χ2n) is 11.5. The number of benzene rings is 2. The zero-order chi connectivity index (χ0) is 29.1. The third kappa shape index (κ3) is 7.45. The number of rotatable bonds is 11. The lowest BCUT2D eigenvalue weighted by atomic mass is 9.91. The van der Waals surface area contributed by atoms with Crippen LogP contribution in [0.1, 0.15) is 45.6 Å². The van der Waals surface area contributed by atoms with E-state index in [1.807, 2.05) is 30.3 Å². The van der Waals surface area contributed by atoms with Crippen LogP contribution in [0.5, 0.6) is 0 Å². The minimum Gasteiger partial charge on any atom is -0.350 e. The summed E-state index contributed by atoms with van der Waals surface area (Å²) in [6.45, 7) is 6.06. The number of sulfonamides is 1. The van der Waals surface area contributed by atoms with Crippen LogP contribution < -0.4 is 16.4 Å². The Labute approximate surface area is 236 Å². The Morgan fingerprint density at radius 3 is 2.33 bits per heavy atom. The number of halogens is 1. The monoisotopic (exact) mass is 573 g/mol.